The minimum absolute atomic E-state index is 0. The lowest BCUT2D eigenvalue weighted by Crippen LogP contribution is -2.40. The Labute approximate surface area is 197 Å². The predicted octanol–water partition coefficient (Wildman–Crippen LogP) is 2.70. The topological polar surface area (TPSA) is 83.0 Å². The van der Waals surface area contributed by atoms with Crippen LogP contribution in [0.1, 0.15) is 16.0 Å². The molecule has 1 fully saturated rings. The van der Waals surface area contributed by atoms with Crippen molar-refractivity contribution in [2.24, 2.45) is 4.99 Å². The number of nitrogens with zero attached hydrogens (tertiary/aromatic N) is 2. The van der Waals surface area contributed by atoms with Crippen LogP contribution in [0.3, 0.4) is 0 Å². The third kappa shape index (κ3) is 6.36. The standard InChI is InChI=1S/C19H25FN4O3S2.HI/c1-14-3-4-15(11-17(14)20)12-22-19(21-2)23-13-16-5-6-18(28-16)29(25,26)24-7-9-27-10-8-24;/h3-6,11H,7-10,12-13H2,1-2H3,(H2,21,22,23);1H. The third-order valence-electron chi connectivity index (χ3n) is 4.55. The van der Waals surface area contributed by atoms with Gasteiger partial charge in [-0.25, -0.2) is 12.8 Å². The number of aryl methyl sites for hydroxylation is 1. The molecule has 1 aliphatic rings. The molecule has 166 valence electrons. The zero-order valence-electron chi connectivity index (χ0n) is 16.9. The molecular formula is C19H26FIN4O3S2. The van der Waals surface area contributed by atoms with Gasteiger partial charge in [-0.3, -0.25) is 4.99 Å². The first-order valence-electron chi connectivity index (χ1n) is 9.26. The Morgan fingerprint density at radius 3 is 2.57 bits per heavy atom. The number of nitrogens with one attached hydrogen (secondary N) is 2. The number of aliphatic imine (C=N–C) groups is 1. The number of ether oxygens (including phenoxy) is 1. The van der Waals surface area contributed by atoms with Crippen molar-refractivity contribution < 1.29 is 17.5 Å². The number of rotatable bonds is 6. The number of hydrogen-bond acceptors (Lipinski definition) is 5. The lowest BCUT2D eigenvalue weighted by molar-refractivity contribution is 0.0731. The summed E-state index contributed by atoms with van der Waals surface area (Å²) in [7, 11) is -1.83. The maximum atomic E-state index is 13.7. The minimum atomic E-state index is -3.48. The number of benzene rings is 1. The summed E-state index contributed by atoms with van der Waals surface area (Å²) in [5.41, 5.74) is 1.42. The minimum Gasteiger partial charge on any atom is -0.379 e. The van der Waals surface area contributed by atoms with Gasteiger partial charge in [-0.2, -0.15) is 4.31 Å². The average molecular weight is 568 g/mol. The van der Waals surface area contributed by atoms with Crippen LogP contribution in [0.4, 0.5) is 4.39 Å². The maximum Gasteiger partial charge on any atom is 0.252 e. The number of thiophene rings is 1. The smallest absolute Gasteiger partial charge is 0.252 e. The Kier molecular flexibility index (Phi) is 9.47. The Balaban J connectivity index is 0.00000320. The van der Waals surface area contributed by atoms with E-state index < -0.39 is 10.0 Å². The van der Waals surface area contributed by atoms with Crippen molar-refractivity contribution in [1.82, 2.24) is 14.9 Å². The molecule has 0 bridgehead atoms. The van der Waals surface area contributed by atoms with Gasteiger partial charge in [0.05, 0.1) is 19.8 Å². The lowest BCUT2D eigenvalue weighted by Gasteiger charge is -2.25. The molecule has 1 saturated heterocycles. The monoisotopic (exact) mass is 568 g/mol. The van der Waals surface area contributed by atoms with E-state index in [1.165, 1.54) is 21.7 Å². The lowest BCUT2D eigenvalue weighted by atomic mass is 10.1. The molecule has 3 rings (SSSR count). The van der Waals surface area contributed by atoms with Gasteiger partial charge in [0.1, 0.15) is 10.0 Å². The number of halogens is 2. The molecule has 0 radical (unpaired) electrons. The third-order valence-corrected chi connectivity index (χ3v) is 8.00. The van der Waals surface area contributed by atoms with Crippen LogP contribution in [0.2, 0.25) is 0 Å². The average Bonchev–Trinajstić information content (AvgIpc) is 3.21. The summed E-state index contributed by atoms with van der Waals surface area (Å²) >= 11 is 1.24. The first kappa shape index (κ1) is 25.0. The van der Waals surface area contributed by atoms with E-state index in [0.717, 1.165) is 10.4 Å². The van der Waals surface area contributed by atoms with Crippen LogP contribution in [-0.2, 0) is 27.8 Å². The summed E-state index contributed by atoms with van der Waals surface area (Å²) in [5.74, 6) is 0.316. The van der Waals surface area contributed by atoms with Gasteiger partial charge in [0.2, 0.25) is 0 Å². The molecule has 30 heavy (non-hydrogen) atoms. The van der Waals surface area contributed by atoms with Gasteiger partial charge < -0.3 is 15.4 Å². The molecule has 1 aromatic carbocycles. The van der Waals surface area contributed by atoms with Crippen LogP contribution in [0.15, 0.2) is 39.5 Å². The zero-order chi connectivity index (χ0) is 20.9. The number of hydrogen-bond donors (Lipinski definition) is 2. The summed E-state index contributed by atoms with van der Waals surface area (Å²) in [5, 5.41) is 6.28. The Bertz CT molecular complexity index is 976. The van der Waals surface area contributed by atoms with Gasteiger partial charge in [0.25, 0.3) is 10.0 Å². The molecule has 7 nitrogen and oxygen atoms in total. The van der Waals surface area contributed by atoms with E-state index in [2.05, 4.69) is 15.6 Å². The maximum absolute atomic E-state index is 13.7. The molecule has 0 atom stereocenters. The number of guanidine groups is 1. The van der Waals surface area contributed by atoms with E-state index in [1.807, 2.05) is 6.07 Å². The van der Waals surface area contributed by atoms with Gasteiger partial charge in [-0.1, -0.05) is 12.1 Å². The quantitative estimate of drug-likeness (QED) is 0.318. The molecule has 2 N–H and O–H groups in total. The largest absolute Gasteiger partial charge is 0.379 e. The van der Waals surface area contributed by atoms with Crippen molar-refractivity contribution in [1.29, 1.82) is 0 Å². The Morgan fingerprint density at radius 2 is 1.90 bits per heavy atom. The van der Waals surface area contributed by atoms with Crippen LogP contribution in [-0.4, -0.2) is 52.0 Å². The summed E-state index contributed by atoms with van der Waals surface area (Å²) in [6, 6.07) is 8.54. The first-order chi connectivity index (χ1) is 13.9. The molecule has 1 aliphatic heterocycles. The summed E-state index contributed by atoms with van der Waals surface area (Å²) in [6.45, 7) is 4.19. The van der Waals surface area contributed by atoms with E-state index in [0.29, 0.717) is 55.1 Å². The van der Waals surface area contributed by atoms with Crippen molar-refractivity contribution in [3.8, 4) is 0 Å². The van der Waals surface area contributed by atoms with Crippen molar-refractivity contribution in [2.45, 2.75) is 24.2 Å². The molecule has 0 saturated carbocycles. The first-order valence-corrected chi connectivity index (χ1v) is 11.5. The molecule has 2 heterocycles. The predicted molar refractivity (Wildman–Crippen MR) is 127 cm³/mol. The number of sulfonamides is 1. The van der Waals surface area contributed by atoms with E-state index in [1.54, 1.807) is 32.2 Å². The highest BCUT2D eigenvalue weighted by atomic mass is 127. The molecule has 2 aromatic rings. The van der Waals surface area contributed by atoms with Crippen molar-refractivity contribution >= 4 is 51.3 Å². The fourth-order valence-corrected chi connectivity index (χ4v) is 5.69. The van der Waals surface area contributed by atoms with Gasteiger partial charge in [0, 0.05) is 31.6 Å². The highest BCUT2D eigenvalue weighted by molar-refractivity contribution is 14.0. The summed E-state index contributed by atoms with van der Waals surface area (Å²) < 4.78 is 46.1. The fourth-order valence-electron chi connectivity index (χ4n) is 2.83. The molecule has 0 aliphatic carbocycles. The van der Waals surface area contributed by atoms with Crippen molar-refractivity contribution in [3.05, 3.63) is 52.2 Å². The molecule has 11 heteroatoms. The van der Waals surface area contributed by atoms with Crippen LogP contribution in [0.5, 0.6) is 0 Å². The van der Waals surface area contributed by atoms with Gasteiger partial charge in [0.15, 0.2) is 5.96 Å². The molecule has 0 spiro atoms. The van der Waals surface area contributed by atoms with E-state index in [4.69, 9.17) is 4.74 Å². The highest BCUT2D eigenvalue weighted by Gasteiger charge is 2.27. The fraction of sp³-hybridized carbons (Fsp3) is 0.421. The van der Waals surface area contributed by atoms with Crippen LogP contribution < -0.4 is 10.6 Å². The van der Waals surface area contributed by atoms with Crippen molar-refractivity contribution in [2.75, 3.05) is 33.4 Å². The van der Waals surface area contributed by atoms with E-state index in [9.17, 15) is 12.8 Å². The molecular weight excluding hydrogens is 542 g/mol. The SMILES string of the molecule is CN=C(NCc1ccc(C)c(F)c1)NCc1ccc(S(=O)(=O)N2CCOCC2)s1.I. The molecule has 0 unspecified atom stereocenters. The number of morpholine rings is 1. The van der Waals surface area contributed by atoms with Gasteiger partial charge in [-0.05, 0) is 36.2 Å². The summed E-state index contributed by atoms with van der Waals surface area (Å²) in [6.07, 6.45) is 0. The Morgan fingerprint density at radius 1 is 1.20 bits per heavy atom. The summed E-state index contributed by atoms with van der Waals surface area (Å²) in [4.78, 5) is 5.03. The van der Waals surface area contributed by atoms with Crippen LogP contribution >= 0.6 is 35.3 Å². The second kappa shape index (κ2) is 11.4. The molecule has 0 amide bonds. The van der Waals surface area contributed by atoms with Crippen molar-refractivity contribution in [3.63, 3.8) is 0 Å². The van der Waals surface area contributed by atoms with E-state index in [-0.39, 0.29) is 29.8 Å². The Hall–Kier alpha value is -1.28. The van der Waals surface area contributed by atoms with Gasteiger partial charge in [-0.15, -0.1) is 35.3 Å². The second-order valence-corrected chi connectivity index (χ2v) is 9.93. The van der Waals surface area contributed by atoms with Gasteiger partial charge >= 0.3 is 0 Å². The zero-order valence-corrected chi connectivity index (χ0v) is 20.8. The van der Waals surface area contributed by atoms with E-state index >= 15 is 0 Å². The van der Waals surface area contributed by atoms with Crippen LogP contribution in [0.25, 0.3) is 0 Å². The van der Waals surface area contributed by atoms with Crippen LogP contribution in [0, 0.1) is 12.7 Å². The molecule has 1 aromatic heterocycles. The second-order valence-electron chi connectivity index (χ2n) is 6.60. The normalized spacial score (nSPS) is 15.5. The highest BCUT2D eigenvalue weighted by Crippen LogP contribution is 2.25.